The van der Waals surface area contributed by atoms with Crippen molar-refractivity contribution in [1.29, 1.82) is 0 Å². The number of rotatable bonds is 5. The fourth-order valence-corrected chi connectivity index (χ4v) is 4.84. The summed E-state index contributed by atoms with van der Waals surface area (Å²) >= 11 is 0. The van der Waals surface area contributed by atoms with E-state index in [1.807, 2.05) is 4.90 Å². The van der Waals surface area contributed by atoms with E-state index in [0.717, 1.165) is 31.6 Å². The van der Waals surface area contributed by atoms with E-state index in [1.165, 1.54) is 5.56 Å². The van der Waals surface area contributed by atoms with Gasteiger partial charge in [0.05, 0.1) is 23.1 Å². The Labute approximate surface area is 194 Å². The molecule has 33 heavy (non-hydrogen) atoms. The summed E-state index contributed by atoms with van der Waals surface area (Å²) in [5.41, 5.74) is 3.26. The predicted molar refractivity (Wildman–Crippen MR) is 127 cm³/mol. The number of carbonyl (C=O) groups excluding carboxylic acids is 2. The molecule has 0 aromatic heterocycles. The second-order valence-electron chi connectivity index (χ2n) is 8.99. The van der Waals surface area contributed by atoms with Gasteiger partial charge < -0.3 is 20.2 Å². The Kier molecular flexibility index (Phi) is 6.96. The zero-order valence-electron chi connectivity index (χ0n) is 19.0. The molecule has 1 heterocycles. The highest BCUT2D eigenvalue weighted by molar-refractivity contribution is 6.04. The van der Waals surface area contributed by atoms with E-state index in [1.54, 1.807) is 24.3 Å². The van der Waals surface area contributed by atoms with Gasteiger partial charge in [-0.1, -0.05) is 42.7 Å². The lowest BCUT2D eigenvalue weighted by molar-refractivity contribution is -0.147. The molecule has 0 spiro atoms. The van der Waals surface area contributed by atoms with Gasteiger partial charge in [0, 0.05) is 31.9 Å². The van der Waals surface area contributed by atoms with Crippen LogP contribution >= 0.6 is 0 Å². The number of carbonyl (C=O) groups is 3. The van der Waals surface area contributed by atoms with Crippen LogP contribution in [-0.2, 0) is 9.59 Å². The van der Waals surface area contributed by atoms with Crippen molar-refractivity contribution < 1.29 is 19.5 Å². The highest BCUT2D eigenvalue weighted by atomic mass is 16.4. The molecule has 1 aliphatic heterocycles. The van der Waals surface area contributed by atoms with Gasteiger partial charge in [0.2, 0.25) is 5.91 Å². The Morgan fingerprint density at radius 3 is 2.18 bits per heavy atom. The van der Waals surface area contributed by atoms with Crippen molar-refractivity contribution in [2.75, 3.05) is 36.4 Å². The first-order valence-electron chi connectivity index (χ1n) is 11.7. The van der Waals surface area contributed by atoms with Gasteiger partial charge in [-0.05, 0) is 44.0 Å². The van der Waals surface area contributed by atoms with Gasteiger partial charge in [-0.2, -0.15) is 0 Å². The number of benzene rings is 2. The molecule has 2 fully saturated rings. The molecular formula is C26H31N3O4. The number of anilines is 2. The normalized spacial score (nSPS) is 20.9. The second kappa shape index (κ2) is 10.1. The summed E-state index contributed by atoms with van der Waals surface area (Å²) in [5, 5.41) is 12.4. The number of hydrogen-bond acceptors (Lipinski definition) is 4. The number of carboxylic acids is 1. The first-order chi connectivity index (χ1) is 15.9. The minimum Gasteiger partial charge on any atom is -0.481 e. The van der Waals surface area contributed by atoms with E-state index in [9.17, 15) is 19.5 Å². The SMILES string of the molecule is Cc1ccc(N2CCN(C(=O)c3ccccc3NC(=O)[C@@H]3CCCC[C@@H]3C(=O)O)CC2)cc1. The Hall–Kier alpha value is -3.35. The number of amides is 2. The smallest absolute Gasteiger partial charge is 0.307 e. The van der Waals surface area contributed by atoms with E-state index < -0.39 is 17.8 Å². The van der Waals surface area contributed by atoms with Gasteiger partial charge >= 0.3 is 5.97 Å². The van der Waals surface area contributed by atoms with E-state index >= 15 is 0 Å². The van der Waals surface area contributed by atoms with Gasteiger partial charge in [-0.3, -0.25) is 14.4 Å². The van der Waals surface area contributed by atoms with Crippen molar-refractivity contribution in [3.63, 3.8) is 0 Å². The van der Waals surface area contributed by atoms with Crippen LogP contribution in [0, 0.1) is 18.8 Å². The highest BCUT2D eigenvalue weighted by Gasteiger charge is 2.36. The molecular weight excluding hydrogens is 418 g/mol. The molecule has 7 heteroatoms. The molecule has 1 aliphatic carbocycles. The highest BCUT2D eigenvalue weighted by Crippen LogP contribution is 2.32. The third-order valence-corrected chi connectivity index (χ3v) is 6.80. The Bertz CT molecular complexity index is 1010. The van der Waals surface area contributed by atoms with E-state index in [4.69, 9.17) is 0 Å². The summed E-state index contributed by atoms with van der Waals surface area (Å²) in [7, 11) is 0. The fraction of sp³-hybridized carbons (Fsp3) is 0.423. The minimum absolute atomic E-state index is 0.118. The number of piperazine rings is 1. The zero-order valence-corrected chi connectivity index (χ0v) is 19.0. The van der Waals surface area contributed by atoms with Crippen LogP contribution in [0.25, 0.3) is 0 Å². The number of hydrogen-bond donors (Lipinski definition) is 2. The van der Waals surface area contributed by atoms with Crippen LogP contribution in [0.4, 0.5) is 11.4 Å². The average molecular weight is 450 g/mol. The van der Waals surface area contributed by atoms with Gasteiger partial charge in [-0.25, -0.2) is 0 Å². The van der Waals surface area contributed by atoms with Crippen LogP contribution in [0.15, 0.2) is 48.5 Å². The maximum Gasteiger partial charge on any atom is 0.307 e. The van der Waals surface area contributed by atoms with Crippen molar-refractivity contribution >= 4 is 29.2 Å². The van der Waals surface area contributed by atoms with Crippen molar-refractivity contribution in [2.24, 2.45) is 11.8 Å². The molecule has 2 aromatic carbocycles. The van der Waals surface area contributed by atoms with Crippen LogP contribution in [0.1, 0.15) is 41.6 Å². The van der Waals surface area contributed by atoms with Crippen LogP contribution in [0.3, 0.4) is 0 Å². The maximum absolute atomic E-state index is 13.3. The molecule has 1 saturated carbocycles. The molecule has 2 amide bonds. The molecule has 7 nitrogen and oxygen atoms in total. The minimum atomic E-state index is -0.925. The molecule has 2 atom stereocenters. The van der Waals surface area contributed by atoms with Crippen LogP contribution < -0.4 is 10.2 Å². The lowest BCUT2D eigenvalue weighted by atomic mass is 9.78. The summed E-state index contributed by atoms with van der Waals surface area (Å²) < 4.78 is 0. The molecule has 0 radical (unpaired) electrons. The average Bonchev–Trinajstić information content (AvgIpc) is 2.84. The van der Waals surface area contributed by atoms with Crippen molar-refractivity contribution in [1.82, 2.24) is 4.90 Å². The molecule has 1 saturated heterocycles. The number of aryl methyl sites for hydroxylation is 1. The van der Waals surface area contributed by atoms with Crippen LogP contribution in [-0.4, -0.2) is 54.0 Å². The lowest BCUT2D eigenvalue weighted by Crippen LogP contribution is -2.49. The molecule has 4 rings (SSSR count). The standard InChI is InChI=1S/C26H31N3O4/c1-18-10-12-19(13-11-18)28-14-16-29(17-15-28)25(31)22-8-4-5-9-23(22)27-24(30)20-6-2-3-7-21(20)26(32)33/h4-5,8-13,20-21H,2-3,6-7,14-17H2,1H3,(H,27,30)(H,32,33)/t20-,21+/m1/s1. The summed E-state index contributed by atoms with van der Waals surface area (Å²) in [6.07, 6.45) is 2.73. The van der Waals surface area contributed by atoms with Crippen LogP contribution in [0.5, 0.6) is 0 Å². The fourth-order valence-electron chi connectivity index (χ4n) is 4.84. The van der Waals surface area contributed by atoms with E-state index in [-0.39, 0.29) is 11.8 Å². The summed E-state index contributed by atoms with van der Waals surface area (Å²) in [6, 6.07) is 15.4. The van der Waals surface area contributed by atoms with Gasteiger partial charge in [0.1, 0.15) is 0 Å². The maximum atomic E-state index is 13.3. The van der Waals surface area contributed by atoms with Crippen molar-refractivity contribution in [3.05, 3.63) is 59.7 Å². The Morgan fingerprint density at radius 1 is 0.879 bits per heavy atom. The van der Waals surface area contributed by atoms with E-state index in [2.05, 4.69) is 41.4 Å². The third-order valence-electron chi connectivity index (χ3n) is 6.80. The number of carboxylic acid groups (broad SMARTS) is 1. The van der Waals surface area contributed by atoms with Gasteiger partial charge in [0.25, 0.3) is 5.91 Å². The molecule has 0 unspecified atom stereocenters. The second-order valence-corrected chi connectivity index (χ2v) is 8.99. The Balaban J connectivity index is 1.43. The molecule has 2 aliphatic rings. The topological polar surface area (TPSA) is 90.0 Å². The predicted octanol–water partition coefficient (Wildman–Crippen LogP) is 3.79. The molecule has 2 aromatic rings. The number of aliphatic carboxylic acids is 1. The monoisotopic (exact) mass is 449 g/mol. The summed E-state index contributed by atoms with van der Waals surface area (Å²) in [5.74, 6) is -2.60. The lowest BCUT2D eigenvalue weighted by Gasteiger charge is -2.36. The molecule has 2 N–H and O–H groups in total. The number of nitrogens with one attached hydrogen (secondary N) is 1. The van der Waals surface area contributed by atoms with Gasteiger partial charge in [-0.15, -0.1) is 0 Å². The van der Waals surface area contributed by atoms with Gasteiger partial charge in [0.15, 0.2) is 0 Å². The summed E-state index contributed by atoms with van der Waals surface area (Å²) in [4.78, 5) is 41.9. The Morgan fingerprint density at radius 2 is 1.52 bits per heavy atom. The van der Waals surface area contributed by atoms with Crippen molar-refractivity contribution in [2.45, 2.75) is 32.6 Å². The number of para-hydroxylation sites is 1. The van der Waals surface area contributed by atoms with E-state index in [0.29, 0.717) is 37.2 Å². The number of nitrogens with zero attached hydrogens (tertiary/aromatic N) is 2. The van der Waals surface area contributed by atoms with Crippen LogP contribution in [0.2, 0.25) is 0 Å². The first kappa shape index (κ1) is 22.8. The zero-order chi connectivity index (χ0) is 23.4. The molecule has 174 valence electrons. The summed E-state index contributed by atoms with van der Waals surface area (Å²) in [6.45, 7) is 4.74. The third kappa shape index (κ3) is 5.18. The largest absolute Gasteiger partial charge is 0.481 e. The quantitative estimate of drug-likeness (QED) is 0.725. The van der Waals surface area contributed by atoms with Crippen molar-refractivity contribution in [3.8, 4) is 0 Å². The first-order valence-corrected chi connectivity index (χ1v) is 11.7. The molecule has 0 bridgehead atoms.